The molecule has 1 aromatic rings. The zero-order valence-corrected chi connectivity index (χ0v) is 15.3. The first kappa shape index (κ1) is 16.7. The number of hydrogen-bond acceptors (Lipinski definition) is 3. The van der Waals surface area contributed by atoms with Crippen molar-refractivity contribution in [3.63, 3.8) is 0 Å². The molecule has 1 saturated heterocycles. The van der Waals surface area contributed by atoms with Gasteiger partial charge in [-0.25, -0.2) is 0 Å². The molecule has 5 nitrogen and oxygen atoms in total. The van der Waals surface area contributed by atoms with Crippen LogP contribution in [0.5, 0.6) is 0 Å². The average Bonchev–Trinajstić information content (AvgIpc) is 2.48. The lowest BCUT2D eigenvalue weighted by Crippen LogP contribution is -2.53. The van der Waals surface area contributed by atoms with Gasteiger partial charge in [0.25, 0.3) is 5.91 Å². The van der Waals surface area contributed by atoms with Crippen LogP contribution in [0.4, 0.5) is 0 Å². The van der Waals surface area contributed by atoms with Crippen LogP contribution in [-0.2, 0) is 4.79 Å². The standard InChI is InChI=1S/C14H16BrIN2O3/c1-9(14(20)21)17-4-6-18(7-5-17)13(19)11-8-10(15)2-3-12(11)16/h2-3,8-9H,4-7H2,1H3,(H,20,21). The van der Waals surface area contributed by atoms with E-state index in [0.717, 1.165) is 8.04 Å². The highest BCUT2D eigenvalue weighted by Gasteiger charge is 2.28. The molecule has 0 radical (unpaired) electrons. The number of carboxylic acid groups (broad SMARTS) is 1. The molecule has 0 spiro atoms. The Morgan fingerprint density at radius 1 is 1.29 bits per heavy atom. The Hall–Kier alpha value is -0.670. The molecule has 1 fully saturated rings. The smallest absolute Gasteiger partial charge is 0.320 e. The molecular formula is C14H16BrIN2O3. The SMILES string of the molecule is CC(C(=O)O)N1CCN(C(=O)c2cc(Br)ccc2I)CC1. The Labute approximate surface area is 145 Å². The van der Waals surface area contributed by atoms with E-state index in [-0.39, 0.29) is 5.91 Å². The number of piperazine rings is 1. The summed E-state index contributed by atoms with van der Waals surface area (Å²) in [4.78, 5) is 27.2. The quantitative estimate of drug-likeness (QED) is 0.694. The Morgan fingerprint density at radius 2 is 1.90 bits per heavy atom. The summed E-state index contributed by atoms with van der Waals surface area (Å²) < 4.78 is 1.80. The van der Waals surface area contributed by atoms with Crippen LogP contribution in [0.2, 0.25) is 0 Å². The first-order valence-electron chi connectivity index (χ1n) is 6.61. The van der Waals surface area contributed by atoms with Gasteiger partial charge in [0.2, 0.25) is 0 Å². The van der Waals surface area contributed by atoms with Crippen molar-refractivity contribution in [2.24, 2.45) is 0 Å². The van der Waals surface area contributed by atoms with Crippen molar-refractivity contribution in [3.05, 3.63) is 31.8 Å². The van der Waals surface area contributed by atoms with E-state index in [1.54, 1.807) is 11.8 Å². The fourth-order valence-corrected chi connectivity index (χ4v) is 3.23. The molecule has 2 rings (SSSR count). The number of aliphatic carboxylic acids is 1. The third-order valence-electron chi connectivity index (χ3n) is 3.67. The number of nitrogens with zero attached hydrogens (tertiary/aromatic N) is 2. The summed E-state index contributed by atoms with van der Waals surface area (Å²) >= 11 is 5.54. The highest BCUT2D eigenvalue weighted by atomic mass is 127. The number of carboxylic acids is 1. The van der Waals surface area contributed by atoms with Gasteiger partial charge in [-0.1, -0.05) is 15.9 Å². The molecule has 1 unspecified atom stereocenters. The average molecular weight is 467 g/mol. The second-order valence-corrected chi connectivity index (χ2v) is 7.04. The van der Waals surface area contributed by atoms with Gasteiger partial charge in [0.1, 0.15) is 6.04 Å². The van der Waals surface area contributed by atoms with Gasteiger partial charge in [-0.05, 0) is 47.7 Å². The van der Waals surface area contributed by atoms with Crippen molar-refractivity contribution < 1.29 is 14.7 Å². The highest BCUT2D eigenvalue weighted by Crippen LogP contribution is 2.21. The number of carbonyl (C=O) groups is 2. The number of halogens is 2. The second kappa shape index (κ2) is 7.06. The van der Waals surface area contributed by atoms with Gasteiger partial charge < -0.3 is 10.0 Å². The minimum absolute atomic E-state index is 0.00308. The number of amides is 1. The van der Waals surface area contributed by atoms with Crippen molar-refractivity contribution >= 4 is 50.4 Å². The van der Waals surface area contributed by atoms with Gasteiger partial charge in [-0.2, -0.15) is 0 Å². The Morgan fingerprint density at radius 3 is 2.48 bits per heavy atom. The Balaban J connectivity index is 2.03. The first-order valence-corrected chi connectivity index (χ1v) is 8.48. The maximum Gasteiger partial charge on any atom is 0.320 e. The predicted octanol–water partition coefficient (Wildman–Crippen LogP) is 2.28. The Bertz CT molecular complexity index is 559. The van der Waals surface area contributed by atoms with Crippen LogP contribution in [0.15, 0.2) is 22.7 Å². The lowest BCUT2D eigenvalue weighted by molar-refractivity contribution is -0.143. The van der Waals surface area contributed by atoms with Crippen molar-refractivity contribution in [2.45, 2.75) is 13.0 Å². The molecule has 21 heavy (non-hydrogen) atoms. The van der Waals surface area contributed by atoms with Gasteiger partial charge in [0, 0.05) is 34.2 Å². The molecule has 1 aliphatic rings. The van der Waals surface area contributed by atoms with Crippen molar-refractivity contribution in [3.8, 4) is 0 Å². The zero-order chi connectivity index (χ0) is 15.6. The number of benzene rings is 1. The molecule has 1 amide bonds. The summed E-state index contributed by atoms with van der Waals surface area (Å²) in [6.45, 7) is 3.96. The topological polar surface area (TPSA) is 60.9 Å². The Kier molecular flexibility index (Phi) is 5.61. The van der Waals surface area contributed by atoms with Gasteiger partial charge in [-0.15, -0.1) is 0 Å². The summed E-state index contributed by atoms with van der Waals surface area (Å²) in [5.74, 6) is -0.820. The summed E-state index contributed by atoms with van der Waals surface area (Å²) in [6, 6.07) is 5.13. The van der Waals surface area contributed by atoms with E-state index in [0.29, 0.717) is 31.7 Å². The minimum atomic E-state index is -0.823. The van der Waals surface area contributed by atoms with Crippen LogP contribution in [-0.4, -0.2) is 59.0 Å². The summed E-state index contributed by atoms with van der Waals surface area (Å²) in [7, 11) is 0. The van der Waals surface area contributed by atoms with Crippen LogP contribution < -0.4 is 0 Å². The van der Waals surface area contributed by atoms with E-state index >= 15 is 0 Å². The third-order valence-corrected chi connectivity index (χ3v) is 5.10. The summed E-state index contributed by atoms with van der Waals surface area (Å²) in [5.41, 5.74) is 0.685. The van der Waals surface area contributed by atoms with Crippen LogP contribution in [0.1, 0.15) is 17.3 Å². The maximum atomic E-state index is 12.5. The van der Waals surface area contributed by atoms with Crippen molar-refractivity contribution in [1.29, 1.82) is 0 Å². The number of carbonyl (C=O) groups excluding carboxylic acids is 1. The van der Waals surface area contributed by atoms with Crippen LogP contribution in [0, 0.1) is 3.57 Å². The lowest BCUT2D eigenvalue weighted by Gasteiger charge is -2.36. The largest absolute Gasteiger partial charge is 0.480 e. The third kappa shape index (κ3) is 3.95. The normalized spacial score (nSPS) is 17.6. The van der Waals surface area contributed by atoms with Gasteiger partial charge in [0.05, 0.1) is 5.56 Å². The highest BCUT2D eigenvalue weighted by molar-refractivity contribution is 14.1. The van der Waals surface area contributed by atoms with E-state index in [1.807, 2.05) is 23.1 Å². The van der Waals surface area contributed by atoms with E-state index in [9.17, 15) is 9.59 Å². The maximum absolute atomic E-state index is 12.5. The minimum Gasteiger partial charge on any atom is -0.480 e. The summed E-state index contributed by atoms with van der Waals surface area (Å²) in [5, 5.41) is 9.03. The zero-order valence-electron chi connectivity index (χ0n) is 11.6. The number of hydrogen-bond donors (Lipinski definition) is 1. The van der Waals surface area contributed by atoms with Gasteiger partial charge in [0.15, 0.2) is 0 Å². The molecule has 0 bridgehead atoms. The molecule has 1 N–H and O–H groups in total. The molecule has 0 aromatic heterocycles. The molecule has 7 heteroatoms. The number of rotatable bonds is 3. The van der Waals surface area contributed by atoms with Gasteiger partial charge in [-0.3, -0.25) is 14.5 Å². The second-order valence-electron chi connectivity index (χ2n) is 4.97. The van der Waals surface area contributed by atoms with E-state index in [4.69, 9.17) is 5.11 Å². The molecular weight excluding hydrogens is 451 g/mol. The lowest BCUT2D eigenvalue weighted by atomic mass is 10.1. The molecule has 1 heterocycles. The van der Waals surface area contributed by atoms with E-state index in [1.165, 1.54) is 0 Å². The predicted molar refractivity (Wildman–Crippen MR) is 91.4 cm³/mol. The molecule has 0 aliphatic carbocycles. The monoisotopic (exact) mass is 466 g/mol. The van der Waals surface area contributed by atoms with Gasteiger partial charge >= 0.3 is 5.97 Å². The van der Waals surface area contributed by atoms with Crippen LogP contribution in [0.25, 0.3) is 0 Å². The van der Waals surface area contributed by atoms with Crippen molar-refractivity contribution in [1.82, 2.24) is 9.80 Å². The van der Waals surface area contributed by atoms with Crippen LogP contribution >= 0.6 is 38.5 Å². The molecule has 1 aliphatic heterocycles. The van der Waals surface area contributed by atoms with Crippen LogP contribution in [0.3, 0.4) is 0 Å². The fourth-order valence-electron chi connectivity index (χ4n) is 2.30. The summed E-state index contributed by atoms with van der Waals surface area (Å²) in [6.07, 6.45) is 0. The molecule has 1 atom stereocenters. The fraction of sp³-hybridized carbons (Fsp3) is 0.429. The molecule has 114 valence electrons. The molecule has 0 saturated carbocycles. The van der Waals surface area contributed by atoms with E-state index in [2.05, 4.69) is 38.5 Å². The molecule has 1 aromatic carbocycles. The first-order chi connectivity index (χ1) is 9.90. The van der Waals surface area contributed by atoms with Crippen molar-refractivity contribution in [2.75, 3.05) is 26.2 Å². The van der Waals surface area contributed by atoms with E-state index < -0.39 is 12.0 Å².